The molecule has 0 spiro atoms. The minimum absolute atomic E-state index is 0.0149. The van der Waals surface area contributed by atoms with Gasteiger partial charge in [0.15, 0.2) is 6.10 Å². The lowest BCUT2D eigenvalue weighted by atomic mass is 9.85. The van der Waals surface area contributed by atoms with E-state index in [1.165, 1.54) is 33.3 Å². The molecule has 2 bridgehead atoms. The van der Waals surface area contributed by atoms with Crippen LogP contribution in [0.2, 0.25) is 0 Å². The highest BCUT2D eigenvalue weighted by molar-refractivity contribution is 6.48. The highest BCUT2D eigenvalue weighted by Crippen LogP contribution is 2.29. The maximum absolute atomic E-state index is 12.8. The van der Waals surface area contributed by atoms with Crippen molar-refractivity contribution in [3.63, 3.8) is 0 Å². The molecule has 2 amide bonds. The third kappa shape index (κ3) is 8.22. The second kappa shape index (κ2) is 14.0. The van der Waals surface area contributed by atoms with Crippen LogP contribution in [0.15, 0.2) is 58.6 Å². The van der Waals surface area contributed by atoms with E-state index in [1.54, 1.807) is 32.9 Å². The Bertz CT molecular complexity index is 1130. The van der Waals surface area contributed by atoms with Crippen LogP contribution in [0.25, 0.3) is 0 Å². The van der Waals surface area contributed by atoms with Gasteiger partial charge in [0.25, 0.3) is 5.91 Å². The Morgan fingerprint density at radius 2 is 1.79 bits per heavy atom. The Labute approximate surface area is 228 Å². The van der Waals surface area contributed by atoms with E-state index in [0.717, 1.165) is 6.08 Å². The van der Waals surface area contributed by atoms with E-state index in [1.807, 2.05) is 0 Å². The Balaban J connectivity index is 2.59. The SMILES string of the molecule is CO[C@H]1C[C@@H](C)CC2=C(O)C(=CC(=O)C2=O)NC(=O)/C(C)=C\C=C/[C@@H](OC)[C@@H](OC(N)=O)/C(C)=C\[C@@H](C)[C@H]1O. The van der Waals surface area contributed by atoms with Crippen molar-refractivity contribution in [2.45, 2.75) is 65.0 Å². The molecule has 39 heavy (non-hydrogen) atoms. The molecule has 1 heterocycles. The molecule has 0 unspecified atom stereocenters. The number of nitrogens with two attached hydrogens (primary N) is 1. The molecule has 2 aliphatic rings. The molecule has 0 aromatic carbocycles. The van der Waals surface area contributed by atoms with Crippen LogP contribution < -0.4 is 11.1 Å². The number of carbonyl (C=O) groups is 4. The van der Waals surface area contributed by atoms with Crippen LogP contribution in [0.4, 0.5) is 4.79 Å². The van der Waals surface area contributed by atoms with Crippen LogP contribution in [0.1, 0.15) is 40.5 Å². The Morgan fingerprint density at radius 1 is 1.13 bits per heavy atom. The lowest BCUT2D eigenvalue weighted by Gasteiger charge is -2.29. The number of primary amides is 1. The third-order valence-corrected chi connectivity index (χ3v) is 6.77. The zero-order chi connectivity index (χ0) is 29.4. The number of carbonyl (C=O) groups excluding carboxylic acids is 4. The third-order valence-electron chi connectivity index (χ3n) is 6.77. The number of Topliss-reactive ketones (excluding diaryl/α,β-unsaturated/α-hetero) is 1. The monoisotopic (exact) mass is 546 g/mol. The topological polar surface area (TPSA) is 174 Å². The van der Waals surface area contributed by atoms with E-state index in [-0.39, 0.29) is 35.6 Å². The van der Waals surface area contributed by atoms with E-state index < -0.39 is 59.7 Å². The number of aliphatic hydroxyl groups excluding tert-OH is 2. The molecular weight excluding hydrogens is 508 g/mol. The fraction of sp³-hybridized carbons (Fsp3) is 0.500. The Hall–Kier alpha value is -3.54. The molecule has 0 saturated carbocycles. The van der Waals surface area contributed by atoms with Crippen molar-refractivity contribution >= 4 is 23.6 Å². The fourth-order valence-electron chi connectivity index (χ4n) is 4.57. The number of hydrogen-bond donors (Lipinski definition) is 4. The normalized spacial score (nSPS) is 33.3. The zero-order valence-electron chi connectivity index (χ0n) is 23.1. The number of hydrogen-bond acceptors (Lipinski definition) is 9. The lowest BCUT2D eigenvalue weighted by Crippen LogP contribution is -2.37. The van der Waals surface area contributed by atoms with Crippen molar-refractivity contribution in [2.24, 2.45) is 17.6 Å². The van der Waals surface area contributed by atoms with Gasteiger partial charge in [-0.15, -0.1) is 0 Å². The summed E-state index contributed by atoms with van der Waals surface area (Å²) >= 11 is 0. The van der Waals surface area contributed by atoms with Crippen molar-refractivity contribution in [3.05, 3.63) is 58.6 Å². The molecule has 1 aliphatic heterocycles. The first-order valence-electron chi connectivity index (χ1n) is 12.6. The zero-order valence-corrected chi connectivity index (χ0v) is 23.1. The first-order valence-corrected chi connectivity index (χ1v) is 12.6. The highest BCUT2D eigenvalue weighted by atomic mass is 16.6. The van der Waals surface area contributed by atoms with Gasteiger partial charge in [0, 0.05) is 37.4 Å². The van der Waals surface area contributed by atoms with Crippen molar-refractivity contribution in [1.82, 2.24) is 5.32 Å². The van der Waals surface area contributed by atoms with Crippen LogP contribution in [0.3, 0.4) is 0 Å². The summed E-state index contributed by atoms with van der Waals surface area (Å²) in [7, 11) is 2.86. The average Bonchev–Trinajstić information content (AvgIpc) is 2.88. The van der Waals surface area contributed by atoms with Gasteiger partial charge in [-0.2, -0.15) is 0 Å². The number of rotatable bonds is 3. The van der Waals surface area contributed by atoms with Crippen LogP contribution in [0, 0.1) is 11.8 Å². The minimum Gasteiger partial charge on any atom is -0.505 e. The summed E-state index contributed by atoms with van der Waals surface area (Å²) in [6.07, 6.45) is 3.07. The maximum atomic E-state index is 12.8. The van der Waals surface area contributed by atoms with Gasteiger partial charge in [-0.05, 0) is 38.2 Å². The summed E-state index contributed by atoms with van der Waals surface area (Å²) in [6, 6.07) is 0. The molecule has 0 fully saturated rings. The van der Waals surface area contributed by atoms with Crippen LogP contribution in [0.5, 0.6) is 0 Å². The van der Waals surface area contributed by atoms with Crippen LogP contribution in [-0.4, -0.2) is 72.4 Å². The molecule has 1 aliphatic carbocycles. The van der Waals surface area contributed by atoms with Crippen molar-refractivity contribution < 1.29 is 43.6 Å². The summed E-state index contributed by atoms with van der Waals surface area (Å²) < 4.78 is 16.4. The molecular formula is C28H38N2O9. The van der Waals surface area contributed by atoms with Gasteiger partial charge in [-0.3, -0.25) is 14.4 Å². The molecule has 0 aromatic heterocycles. The molecule has 0 radical (unpaired) electrons. The number of methoxy groups -OCH3 is 2. The van der Waals surface area contributed by atoms with Gasteiger partial charge in [-0.1, -0.05) is 38.2 Å². The summed E-state index contributed by atoms with van der Waals surface area (Å²) in [4.78, 5) is 49.4. The number of aliphatic hydroxyl groups is 2. The molecule has 11 nitrogen and oxygen atoms in total. The van der Waals surface area contributed by atoms with Crippen molar-refractivity contribution in [3.8, 4) is 0 Å². The average molecular weight is 547 g/mol. The van der Waals surface area contributed by atoms with Crippen molar-refractivity contribution in [1.29, 1.82) is 0 Å². The van der Waals surface area contributed by atoms with Crippen LogP contribution in [-0.2, 0) is 28.6 Å². The predicted molar refractivity (Wildman–Crippen MR) is 142 cm³/mol. The number of allylic oxidation sites excluding steroid dienone is 4. The number of ketones is 2. The largest absolute Gasteiger partial charge is 0.505 e. The molecule has 5 N–H and O–H groups in total. The van der Waals surface area contributed by atoms with Crippen LogP contribution >= 0.6 is 0 Å². The van der Waals surface area contributed by atoms with Gasteiger partial charge in [0.2, 0.25) is 11.6 Å². The summed E-state index contributed by atoms with van der Waals surface area (Å²) in [6.45, 7) is 6.79. The fourth-order valence-corrected chi connectivity index (χ4v) is 4.57. The summed E-state index contributed by atoms with van der Waals surface area (Å²) in [5.74, 6) is -3.58. The number of ether oxygens (including phenoxy) is 3. The standard InChI is InChI=1S/C28H38N2O9/c1-14-10-18-24(33)19(13-20(31)25(18)34)30-27(35)15(2)8-7-9-21(37-5)26(39-28(29)36)17(4)12-16(3)23(32)22(11-14)38-6/h7-9,12-14,16,21-23,26,32-33H,10-11H2,1-6H3,(H2,29,36)(H,30,35)/b9-7-,15-8-,17-12-/t14-,16+,21+,22-,23+,26-/m0/s1. The molecule has 2 rings (SSSR count). The predicted octanol–water partition coefficient (Wildman–Crippen LogP) is 2.32. The molecule has 6 atom stereocenters. The molecule has 214 valence electrons. The number of nitrogens with one attached hydrogen (secondary N) is 1. The lowest BCUT2D eigenvalue weighted by molar-refractivity contribution is -0.132. The smallest absolute Gasteiger partial charge is 0.405 e. The highest BCUT2D eigenvalue weighted by Gasteiger charge is 2.33. The Kier molecular flexibility index (Phi) is 11.4. The molecule has 0 saturated heterocycles. The first-order chi connectivity index (χ1) is 18.3. The van der Waals surface area contributed by atoms with E-state index in [2.05, 4.69) is 5.32 Å². The van der Waals surface area contributed by atoms with Gasteiger partial charge >= 0.3 is 6.09 Å². The second-order valence-corrected chi connectivity index (χ2v) is 9.90. The summed E-state index contributed by atoms with van der Waals surface area (Å²) in [5, 5.41) is 24.3. The Morgan fingerprint density at radius 3 is 2.38 bits per heavy atom. The second-order valence-electron chi connectivity index (χ2n) is 9.90. The number of fused-ring (bicyclic) bond motifs is 1. The summed E-state index contributed by atoms with van der Waals surface area (Å²) in [5.41, 5.74) is 5.79. The van der Waals surface area contributed by atoms with E-state index in [4.69, 9.17) is 19.9 Å². The minimum atomic E-state index is -1.01. The van der Waals surface area contributed by atoms with Gasteiger partial charge in [-0.25, -0.2) is 4.79 Å². The first kappa shape index (κ1) is 31.7. The number of amides is 2. The van der Waals surface area contributed by atoms with E-state index >= 15 is 0 Å². The van der Waals surface area contributed by atoms with E-state index in [9.17, 15) is 29.4 Å². The molecule has 11 heteroatoms. The van der Waals surface area contributed by atoms with Gasteiger partial charge in [0.05, 0.1) is 17.9 Å². The van der Waals surface area contributed by atoms with Gasteiger partial charge < -0.3 is 35.5 Å². The van der Waals surface area contributed by atoms with Gasteiger partial charge in [0.1, 0.15) is 11.9 Å². The van der Waals surface area contributed by atoms with Crippen molar-refractivity contribution in [2.75, 3.05) is 14.2 Å². The molecule has 0 aromatic rings. The quantitative estimate of drug-likeness (QED) is 0.235. The van der Waals surface area contributed by atoms with E-state index in [0.29, 0.717) is 5.57 Å². The maximum Gasteiger partial charge on any atom is 0.405 e.